The number of rotatable bonds is 9. The highest BCUT2D eigenvalue weighted by Crippen LogP contribution is 2.38. The van der Waals surface area contributed by atoms with Crippen molar-refractivity contribution in [3.05, 3.63) is 46.5 Å². The number of hydrogen-bond acceptors (Lipinski definition) is 8. The van der Waals surface area contributed by atoms with Crippen molar-refractivity contribution in [1.82, 2.24) is 4.31 Å². The number of benzene rings is 2. The molecule has 3 rings (SSSR count). The van der Waals surface area contributed by atoms with Gasteiger partial charge in [0.1, 0.15) is 4.90 Å². The van der Waals surface area contributed by atoms with Crippen molar-refractivity contribution in [3.8, 4) is 17.2 Å². The Hall–Kier alpha value is -2.82. The second kappa shape index (κ2) is 11.1. The third-order valence-corrected chi connectivity index (χ3v) is 7.80. The first-order chi connectivity index (χ1) is 16.2. The number of piperidine rings is 1. The zero-order valence-corrected chi connectivity index (χ0v) is 20.7. The Balaban J connectivity index is 1.77. The molecular weight excluding hydrogens is 486 g/mol. The van der Waals surface area contributed by atoms with Crippen LogP contribution in [-0.4, -0.2) is 65.5 Å². The van der Waals surface area contributed by atoms with Crippen molar-refractivity contribution < 1.29 is 37.0 Å². The number of hydrogen-bond donors (Lipinski definition) is 0. The van der Waals surface area contributed by atoms with Gasteiger partial charge in [0.05, 0.1) is 31.9 Å². The van der Waals surface area contributed by atoms with Crippen LogP contribution in [0.3, 0.4) is 0 Å². The van der Waals surface area contributed by atoms with E-state index >= 15 is 0 Å². The van der Waals surface area contributed by atoms with Crippen molar-refractivity contribution in [3.63, 3.8) is 0 Å². The van der Waals surface area contributed by atoms with Crippen molar-refractivity contribution in [1.29, 1.82) is 0 Å². The van der Waals surface area contributed by atoms with E-state index in [0.29, 0.717) is 18.8 Å². The van der Waals surface area contributed by atoms with Gasteiger partial charge in [-0.1, -0.05) is 18.0 Å². The van der Waals surface area contributed by atoms with E-state index in [1.165, 1.54) is 56.0 Å². The first kappa shape index (κ1) is 25.8. The van der Waals surface area contributed by atoms with Gasteiger partial charge >= 0.3 is 5.97 Å². The van der Waals surface area contributed by atoms with Crippen LogP contribution in [0.5, 0.6) is 17.2 Å². The smallest absolute Gasteiger partial charge is 0.338 e. The molecule has 2 aromatic carbocycles. The summed E-state index contributed by atoms with van der Waals surface area (Å²) in [5, 5.41) is 0.00984. The first-order valence-electron chi connectivity index (χ1n) is 10.5. The molecule has 0 bridgehead atoms. The predicted octanol–water partition coefficient (Wildman–Crippen LogP) is 3.58. The summed E-state index contributed by atoms with van der Waals surface area (Å²) in [6.45, 7) is 0.224. The van der Waals surface area contributed by atoms with Gasteiger partial charge in [0, 0.05) is 18.7 Å². The maximum atomic E-state index is 13.0. The lowest BCUT2D eigenvalue weighted by molar-refractivity contribution is 0.0474. The Labute approximate surface area is 203 Å². The first-order valence-corrected chi connectivity index (χ1v) is 12.3. The number of ketones is 1. The second-order valence-electron chi connectivity index (χ2n) is 7.52. The van der Waals surface area contributed by atoms with E-state index < -0.39 is 28.4 Å². The Morgan fingerprint density at radius 3 is 2.09 bits per heavy atom. The monoisotopic (exact) mass is 511 g/mol. The molecule has 34 heavy (non-hydrogen) atoms. The van der Waals surface area contributed by atoms with Crippen LogP contribution >= 0.6 is 11.6 Å². The van der Waals surface area contributed by atoms with Crippen molar-refractivity contribution in [2.24, 2.45) is 0 Å². The molecule has 1 heterocycles. The SMILES string of the molecule is COc1cc(C(=O)COC(=O)c2ccc(Cl)c(S(=O)(=O)N3CCCCC3)c2)cc(OC)c1OC. The van der Waals surface area contributed by atoms with Gasteiger partial charge in [-0.2, -0.15) is 4.31 Å². The Kier molecular flexibility index (Phi) is 8.40. The number of nitrogens with zero attached hydrogens (tertiary/aromatic N) is 1. The summed E-state index contributed by atoms with van der Waals surface area (Å²) < 4.78 is 48.2. The van der Waals surface area contributed by atoms with Crippen LogP contribution in [0.15, 0.2) is 35.2 Å². The number of Topliss-reactive ketones (excluding diaryl/α,β-unsaturated/α-hetero) is 1. The molecule has 0 amide bonds. The van der Waals surface area contributed by atoms with Crippen LogP contribution in [0.2, 0.25) is 5.02 Å². The highest BCUT2D eigenvalue weighted by atomic mass is 35.5. The van der Waals surface area contributed by atoms with Crippen LogP contribution in [0.1, 0.15) is 40.0 Å². The maximum Gasteiger partial charge on any atom is 0.338 e. The molecule has 11 heteroatoms. The van der Waals surface area contributed by atoms with Crippen molar-refractivity contribution in [2.75, 3.05) is 41.0 Å². The molecule has 0 N–H and O–H groups in total. The molecule has 0 saturated carbocycles. The van der Waals surface area contributed by atoms with Gasteiger partial charge in [-0.3, -0.25) is 4.79 Å². The Bertz CT molecular complexity index is 1150. The zero-order valence-electron chi connectivity index (χ0n) is 19.1. The molecule has 1 aliphatic rings. The summed E-state index contributed by atoms with van der Waals surface area (Å²) in [7, 11) is 0.419. The minimum atomic E-state index is -3.86. The van der Waals surface area contributed by atoms with E-state index in [0.717, 1.165) is 19.3 Å². The fraction of sp³-hybridized carbons (Fsp3) is 0.391. The van der Waals surface area contributed by atoms with E-state index in [2.05, 4.69) is 0 Å². The number of halogens is 1. The van der Waals surface area contributed by atoms with Gasteiger partial charge in [-0.05, 0) is 43.2 Å². The molecule has 0 atom stereocenters. The molecule has 9 nitrogen and oxygen atoms in total. The van der Waals surface area contributed by atoms with Crippen molar-refractivity contribution in [2.45, 2.75) is 24.2 Å². The van der Waals surface area contributed by atoms with Crippen LogP contribution < -0.4 is 14.2 Å². The lowest BCUT2D eigenvalue weighted by Gasteiger charge is -2.26. The molecule has 0 unspecified atom stereocenters. The Morgan fingerprint density at radius 1 is 0.912 bits per heavy atom. The van der Waals surface area contributed by atoms with Crippen LogP contribution in [0.25, 0.3) is 0 Å². The number of methoxy groups -OCH3 is 3. The van der Waals surface area contributed by atoms with Gasteiger partial charge in [-0.15, -0.1) is 0 Å². The number of esters is 1. The molecule has 0 aliphatic carbocycles. The molecule has 184 valence electrons. The van der Waals surface area contributed by atoms with E-state index in [-0.39, 0.29) is 32.5 Å². The van der Waals surface area contributed by atoms with E-state index in [4.69, 9.17) is 30.5 Å². The Morgan fingerprint density at radius 2 is 1.53 bits per heavy atom. The largest absolute Gasteiger partial charge is 0.493 e. The lowest BCUT2D eigenvalue weighted by atomic mass is 10.1. The molecule has 0 spiro atoms. The van der Waals surface area contributed by atoms with Gasteiger partial charge in [0.25, 0.3) is 0 Å². The predicted molar refractivity (Wildman–Crippen MR) is 125 cm³/mol. The van der Waals surface area contributed by atoms with Crippen LogP contribution in [0.4, 0.5) is 0 Å². The number of ether oxygens (including phenoxy) is 4. The maximum absolute atomic E-state index is 13.0. The fourth-order valence-electron chi connectivity index (χ4n) is 3.61. The van der Waals surface area contributed by atoms with Gasteiger partial charge in [0.15, 0.2) is 18.1 Å². The van der Waals surface area contributed by atoms with Gasteiger partial charge < -0.3 is 18.9 Å². The highest BCUT2D eigenvalue weighted by Gasteiger charge is 2.29. The fourth-order valence-corrected chi connectivity index (χ4v) is 5.63. The summed E-state index contributed by atoms with van der Waals surface area (Å²) in [5.74, 6) is -0.485. The van der Waals surface area contributed by atoms with Crippen LogP contribution in [-0.2, 0) is 14.8 Å². The zero-order chi connectivity index (χ0) is 24.9. The molecule has 0 radical (unpaired) electrons. The summed E-state index contributed by atoms with van der Waals surface area (Å²) in [5.41, 5.74) is 0.157. The highest BCUT2D eigenvalue weighted by molar-refractivity contribution is 7.89. The quantitative estimate of drug-likeness (QED) is 0.371. The molecule has 1 fully saturated rings. The lowest BCUT2D eigenvalue weighted by Crippen LogP contribution is -2.35. The average molecular weight is 512 g/mol. The summed E-state index contributed by atoms with van der Waals surface area (Å²) in [6.07, 6.45) is 2.50. The topological polar surface area (TPSA) is 108 Å². The second-order valence-corrected chi connectivity index (χ2v) is 9.84. The summed E-state index contributed by atoms with van der Waals surface area (Å²) >= 11 is 6.15. The third-order valence-electron chi connectivity index (χ3n) is 5.42. The molecule has 0 aromatic heterocycles. The molecule has 2 aromatic rings. The number of sulfonamides is 1. The molecular formula is C23H26ClNO8S. The van der Waals surface area contributed by atoms with Gasteiger partial charge in [-0.25, -0.2) is 13.2 Å². The minimum Gasteiger partial charge on any atom is -0.493 e. The number of carbonyl (C=O) groups excluding carboxylic acids is 2. The average Bonchev–Trinajstić information content (AvgIpc) is 2.86. The van der Waals surface area contributed by atoms with Crippen molar-refractivity contribution >= 4 is 33.4 Å². The summed E-state index contributed by atoms with van der Waals surface area (Å²) in [4.78, 5) is 25.1. The van der Waals surface area contributed by atoms with Gasteiger partial charge in [0.2, 0.25) is 21.6 Å². The molecule has 1 saturated heterocycles. The third kappa shape index (κ3) is 5.45. The van der Waals surface area contributed by atoms with E-state index in [1.807, 2.05) is 0 Å². The summed E-state index contributed by atoms with van der Waals surface area (Å²) in [6, 6.07) is 6.75. The normalized spacial score (nSPS) is 14.4. The minimum absolute atomic E-state index is 0.00984. The number of carbonyl (C=O) groups is 2. The standard InChI is InChI=1S/C23H26ClNO8S/c1-30-19-11-16(12-20(31-2)22(19)32-3)18(26)14-33-23(27)15-7-8-17(24)21(13-15)34(28,29)25-9-5-4-6-10-25/h7-8,11-13H,4-6,9-10,14H2,1-3H3. The van der Waals surface area contributed by atoms with E-state index in [1.54, 1.807) is 0 Å². The van der Waals surface area contributed by atoms with Crippen LogP contribution in [0, 0.1) is 0 Å². The molecule has 1 aliphatic heterocycles. The van der Waals surface area contributed by atoms with E-state index in [9.17, 15) is 18.0 Å².